The molecular formula is C13H22N6. The van der Waals surface area contributed by atoms with Crippen LogP contribution in [0.15, 0.2) is 23.6 Å². The summed E-state index contributed by atoms with van der Waals surface area (Å²) in [6, 6.07) is 0. The molecule has 0 bridgehead atoms. The standard InChI is InChI=1S/C13H22N6/c1-11-3-2-8-19(10-11)13(14)18-7-6-17-12-9-15-4-5-16-12/h4-5,9,11H,2-3,6-8,10H2,1H3,(H2,14,18)(H,16,17). The van der Waals surface area contributed by atoms with Crippen LogP contribution in [0.2, 0.25) is 0 Å². The second-order valence-corrected chi connectivity index (χ2v) is 4.95. The first kappa shape index (κ1) is 13.6. The van der Waals surface area contributed by atoms with E-state index in [0.29, 0.717) is 25.0 Å². The lowest BCUT2D eigenvalue weighted by Gasteiger charge is -2.31. The second kappa shape index (κ2) is 6.92. The summed E-state index contributed by atoms with van der Waals surface area (Å²) in [5.41, 5.74) is 6.01. The van der Waals surface area contributed by atoms with Crippen molar-refractivity contribution in [2.24, 2.45) is 16.6 Å². The monoisotopic (exact) mass is 262 g/mol. The van der Waals surface area contributed by atoms with Crippen LogP contribution in [0.4, 0.5) is 5.82 Å². The van der Waals surface area contributed by atoms with Crippen LogP contribution >= 0.6 is 0 Å². The summed E-state index contributed by atoms with van der Waals surface area (Å²) in [5.74, 6) is 2.13. The third kappa shape index (κ3) is 4.39. The molecule has 1 atom stereocenters. The molecular weight excluding hydrogens is 240 g/mol. The van der Waals surface area contributed by atoms with Gasteiger partial charge in [-0.05, 0) is 18.8 Å². The molecule has 0 aromatic carbocycles. The summed E-state index contributed by atoms with van der Waals surface area (Å²) in [5, 5.41) is 3.16. The molecule has 1 saturated heterocycles. The number of aliphatic imine (C=N–C) groups is 1. The quantitative estimate of drug-likeness (QED) is 0.479. The van der Waals surface area contributed by atoms with E-state index < -0.39 is 0 Å². The molecule has 1 aliphatic rings. The first-order valence-electron chi connectivity index (χ1n) is 6.80. The lowest BCUT2D eigenvalue weighted by atomic mass is 10.0. The molecule has 1 fully saturated rings. The maximum atomic E-state index is 6.01. The van der Waals surface area contributed by atoms with Crippen molar-refractivity contribution in [3.63, 3.8) is 0 Å². The van der Waals surface area contributed by atoms with E-state index in [1.807, 2.05) is 0 Å². The summed E-state index contributed by atoms with van der Waals surface area (Å²) in [6.45, 7) is 5.66. The first-order chi connectivity index (χ1) is 9.25. The van der Waals surface area contributed by atoms with Gasteiger partial charge < -0.3 is 16.0 Å². The predicted octanol–water partition coefficient (Wildman–Crippen LogP) is 0.935. The zero-order valence-corrected chi connectivity index (χ0v) is 11.4. The van der Waals surface area contributed by atoms with Crippen LogP contribution in [0.1, 0.15) is 19.8 Å². The Morgan fingerprint density at radius 1 is 1.58 bits per heavy atom. The van der Waals surface area contributed by atoms with Crippen LogP contribution in [0.3, 0.4) is 0 Å². The van der Waals surface area contributed by atoms with Gasteiger partial charge in [-0.3, -0.25) is 9.98 Å². The van der Waals surface area contributed by atoms with Crippen molar-refractivity contribution < 1.29 is 0 Å². The van der Waals surface area contributed by atoms with Crippen molar-refractivity contribution in [1.82, 2.24) is 14.9 Å². The predicted molar refractivity (Wildman–Crippen MR) is 77.0 cm³/mol. The minimum atomic E-state index is 0.646. The van der Waals surface area contributed by atoms with E-state index in [4.69, 9.17) is 5.73 Å². The van der Waals surface area contributed by atoms with E-state index in [2.05, 4.69) is 32.1 Å². The van der Waals surface area contributed by atoms with Crippen molar-refractivity contribution in [2.75, 3.05) is 31.5 Å². The van der Waals surface area contributed by atoms with Gasteiger partial charge in [0.05, 0.1) is 12.7 Å². The minimum absolute atomic E-state index is 0.646. The molecule has 6 nitrogen and oxygen atoms in total. The molecule has 0 saturated carbocycles. The molecule has 0 aliphatic carbocycles. The van der Waals surface area contributed by atoms with Crippen molar-refractivity contribution in [3.05, 3.63) is 18.6 Å². The average Bonchev–Trinajstić information content (AvgIpc) is 2.44. The van der Waals surface area contributed by atoms with Crippen LogP contribution < -0.4 is 11.1 Å². The molecule has 2 heterocycles. The van der Waals surface area contributed by atoms with Gasteiger partial charge in [0.1, 0.15) is 5.82 Å². The lowest BCUT2D eigenvalue weighted by Crippen LogP contribution is -2.43. The zero-order chi connectivity index (χ0) is 13.5. The Balaban J connectivity index is 1.72. The molecule has 1 aromatic rings. The maximum Gasteiger partial charge on any atom is 0.191 e. The molecule has 1 unspecified atom stereocenters. The number of likely N-dealkylation sites (tertiary alicyclic amines) is 1. The van der Waals surface area contributed by atoms with Crippen molar-refractivity contribution >= 4 is 11.8 Å². The van der Waals surface area contributed by atoms with Crippen molar-refractivity contribution in [1.29, 1.82) is 0 Å². The zero-order valence-electron chi connectivity index (χ0n) is 11.4. The second-order valence-electron chi connectivity index (χ2n) is 4.95. The fourth-order valence-electron chi connectivity index (χ4n) is 2.24. The summed E-state index contributed by atoms with van der Waals surface area (Å²) >= 11 is 0. The highest BCUT2D eigenvalue weighted by Gasteiger charge is 2.17. The highest BCUT2D eigenvalue weighted by Crippen LogP contribution is 2.14. The molecule has 19 heavy (non-hydrogen) atoms. The van der Waals surface area contributed by atoms with E-state index in [-0.39, 0.29) is 0 Å². The summed E-state index contributed by atoms with van der Waals surface area (Å²) in [7, 11) is 0. The summed E-state index contributed by atoms with van der Waals surface area (Å²) in [4.78, 5) is 14.7. The Hall–Kier alpha value is -1.85. The van der Waals surface area contributed by atoms with Crippen LogP contribution in [0, 0.1) is 5.92 Å². The number of hydrogen-bond donors (Lipinski definition) is 2. The SMILES string of the molecule is CC1CCCN(C(N)=NCCNc2cnccn2)C1. The maximum absolute atomic E-state index is 6.01. The number of piperidine rings is 1. The number of rotatable bonds is 4. The first-order valence-corrected chi connectivity index (χ1v) is 6.80. The number of guanidine groups is 1. The smallest absolute Gasteiger partial charge is 0.191 e. The van der Waals surface area contributed by atoms with Gasteiger partial charge in [-0.15, -0.1) is 0 Å². The highest BCUT2D eigenvalue weighted by atomic mass is 15.3. The number of nitrogens with zero attached hydrogens (tertiary/aromatic N) is 4. The molecule has 3 N–H and O–H groups in total. The van der Waals surface area contributed by atoms with Crippen molar-refractivity contribution in [3.8, 4) is 0 Å². The molecule has 0 spiro atoms. The van der Waals surface area contributed by atoms with E-state index in [1.54, 1.807) is 18.6 Å². The van der Waals surface area contributed by atoms with Gasteiger partial charge in [-0.1, -0.05) is 6.92 Å². The van der Waals surface area contributed by atoms with Crippen LogP contribution in [0.5, 0.6) is 0 Å². The number of nitrogens with two attached hydrogens (primary N) is 1. The lowest BCUT2D eigenvalue weighted by molar-refractivity contribution is 0.270. The van der Waals surface area contributed by atoms with E-state index in [0.717, 1.165) is 18.9 Å². The third-order valence-corrected chi connectivity index (χ3v) is 3.24. The van der Waals surface area contributed by atoms with Crippen LogP contribution in [-0.2, 0) is 0 Å². The molecule has 0 radical (unpaired) electrons. The molecule has 1 aliphatic heterocycles. The molecule has 1 aromatic heterocycles. The van der Waals surface area contributed by atoms with Crippen molar-refractivity contribution in [2.45, 2.75) is 19.8 Å². The number of aromatic nitrogens is 2. The van der Waals surface area contributed by atoms with Crippen LogP contribution in [-0.4, -0.2) is 47.0 Å². The fraction of sp³-hybridized carbons (Fsp3) is 0.615. The Bertz CT molecular complexity index is 405. The Morgan fingerprint density at radius 3 is 3.21 bits per heavy atom. The van der Waals surface area contributed by atoms with Crippen LogP contribution in [0.25, 0.3) is 0 Å². The molecule has 2 rings (SSSR count). The Kier molecular flexibility index (Phi) is 4.94. The number of anilines is 1. The van der Waals surface area contributed by atoms with Gasteiger partial charge >= 0.3 is 0 Å². The summed E-state index contributed by atoms with van der Waals surface area (Å²) in [6.07, 6.45) is 7.50. The molecule has 0 amide bonds. The molecule has 6 heteroatoms. The minimum Gasteiger partial charge on any atom is -0.370 e. The Labute approximate surface area is 114 Å². The average molecular weight is 262 g/mol. The van der Waals surface area contributed by atoms with E-state index in [9.17, 15) is 0 Å². The third-order valence-electron chi connectivity index (χ3n) is 3.24. The van der Waals surface area contributed by atoms with Gasteiger partial charge in [-0.25, -0.2) is 4.98 Å². The van der Waals surface area contributed by atoms with Gasteiger partial charge in [0.2, 0.25) is 0 Å². The molecule has 104 valence electrons. The largest absolute Gasteiger partial charge is 0.370 e. The normalized spacial score (nSPS) is 20.4. The summed E-state index contributed by atoms with van der Waals surface area (Å²) < 4.78 is 0. The van der Waals surface area contributed by atoms with Gasteiger partial charge in [-0.2, -0.15) is 0 Å². The van der Waals surface area contributed by atoms with Gasteiger partial charge in [0, 0.05) is 32.0 Å². The number of hydrogen-bond acceptors (Lipinski definition) is 4. The van der Waals surface area contributed by atoms with E-state index >= 15 is 0 Å². The van der Waals surface area contributed by atoms with E-state index in [1.165, 1.54) is 12.8 Å². The topological polar surface area (TPSA) is 79.4 Å². The Morgan fingerprint density at radius 2 is 2.47 bits per heavy atom. The highest BCUT2D eigenvalue weighted by molar-refractivity contribution is 5.78. The van der Waals surface area contributed by atoms with Gasteiger partial charge in [0.15, 0.2) is 5.96 Å². The fourth-order valence-corrected chi connectivity index (χ4v) is 2.24. The number of nitrogens with one attached hydrogen (secondary N) is 1. The van der Waals surface area contributed by atoms with Gasteiger partial charge in [0.25, 0.3) is 0 Å².